The van der Waals surface area contributed by atoms with Gasteiger partial charge in [-0.3, -0.25) is 4.90 Å². The lowest BCUT2D eigenvalue weighted by Crippen LogP contribution is -2.58. The lowest BCUT2D eigenvalue weighted by atomic mass is 9.87. The number of hydrogen-bond donors (Lipinski definition) is 3. The first-order valence-electron chi connectivity index (χ1n) is 10.1. The van der Waals surface area contributed by atoms with Crippen LogP contribution in [-0.2, 0) is 4.79 Å². The van der Waals surface area contributed by atoms with Crippen molar-refractivity contribution >= 4 is 35.2 Å². The van der Waals surface area contributed by atoms with Crippen molar-refractivity contribution in [1.29, 1.82) is 0 Å². The largest absolute Gasteiger partial charge is 0.478 e. The number of nitrogens with two attached hydrogens (primary N) is 2. The molecule has 1 spiro atoms. The molecule has 0 bridgehead atoms. The van der Waals surface area contributed by atoms with Crippen LogP contribution in [0.25, 0.3) is 11.6 Å². The minimum absolute atomic E-state index is 0.221. The summed E-state index contributed by atoms with van der Waals surface area (Å²) in [4.78, 5) is 22.6. The first-order chi connectivity index (χ1) is 14.5. The molecule has 30 heavy (non-hydrogen) atoms. The Morgan fingerprint density at radius 3 is 2.30 bits per heavy atom. The van der Waals surface area contributed by atoms with Gasteiger partial charge in [0.25, 0.3) is 0 Å². The number of carbonyl (C=O) groups is 1. The number of nitrogens with zero attached hydrogens (tertiary/aromatic N) is 3. The molecule has 1 aliphatic carbocycles. The van der Waals surface area contributed by atoms with Crippen molar-refractivity contribution in [2.75, 3.05) is 4.90 Å². The topological polar surface area (TPSA) is 117 Å². The second-order valence-electron chi connectivity index (χ2n) is 7.64. The van der Waals surface area contributed by atoms with E-state index in [0.29, 0.717) is 11.5 Å². The standard InChI is InChI=1S/C23H25N5O2/c24-21-26-22(25)28(23(27-21)13-5-2-6-14-23)18-11-9-16(10-12-18)15-19(20(29)30)17-7-3-1-4-8-17/h1,3-4,7-12,15H,2,5-6,13-14H2,(H,29,30)(H4,24,25,26,27). The third kappa shape index (κ3) is 3.78. The Hall–Kier alpha value is -3.61. The van der Waals surface area contributed by atoms with Gasteiger partial charge in [0.2, 0.25) is 11.9 Å². The van der Waals surface area contributed by atoms with E-state index in [1.165, 1.54) is 6.42 Å². The molecule has 0 amide bonds. The van der Waals surface area contributed by atoms with Crippen LogP contribution in [0.1, 0.15) is 43.2 Å². The fourth-order valence-electron chi connectivity index (χ4n) is 4.27. The van der Waals surface area contributed by atoms with E-state index in [2.05, 4.69) is 9.98 Å². The van der Waals surface area contributed by atoms with E-state index in [4.69, 9.17) is 11.5 Å². The molecule has 0 radical (unpaired) electrons. The Kier molecular flexibility index (Phi) is 5.27. The molecule has 1 heterocycles. The normalized spacial score (nSPS) is 18.7. The van der Waals surface area contributed by atoms with Crippen molar-refractivity contribution in [3.63, 3.8) is 0 Å². The molecule has 1 saturated carbocycles. The Bertz CT molecular complexity index is 1020. The van der Waals surface area contributed by atoms with E-state index >= 15 is 0 Å². The van der Waals surface area contributed by atoms with Gasteiger partial charge in [0.05, 0.1) is 5.57 Å². The smallest absolute Gasteiger partial charge is 0.336 e. The van der Waals surface area contributed by atoms with Crippen LogP contribution in [0.15, 0.2) is 64.6 Å². The highest BCUT2D eigenvalue weighted by Gasteiger charge is 2.42. The van der Waals surface area contributed by atoms with Crippen molar-refractivity contribution in [1.82, 2.24) is 0 Å². The summed E-state index contributed by atoms with van der Waals surface area (Å²) in [6.45, 7) is 0. The van der Waals surface area contributed by atoms with Gasteiger partial charge >= 0.3 is 5.97 Å². The molecule has 0 unspecified atom stereocenters. The van der Waals surface area contributed by atoms with Crippen molar-refractivity contribution < 1.29 is 9.90 Å². The molecule has 1 fully saturated rings. The highest BCUT2D eigenvalue weighted by Crippen LogP contribution is 2.39. The summed E-state index contributed by atoms with van der Waals surface area (Å²) in [6, 6.07) is 16.7. The summed E-state index contributed by atoms with van der Waals surface area (Å²) in [7, 11) is 0. The van der Waals surface area contributed by atoms with E-state index in [9.17, 15) is 9.90 Å². The highest BCUT2D eigenvalue weighted by atomic mass is 16.4. The number of guanidine groups is 2. The zero-order chi connectivity index (χ0) is 21.1. The van der Waals surface area contributed by atoms with Gasteiger partial charge in [-0.15, -0.1) is 0 Å². The number of carboxylic acid groups (broad SMARTS) is 1. The average Bonchev–Trinajstić information content (AvgIpc) is 2.73. The molecule has 2 aromatic carbocycles. The summed E-state index contributed by atoms with van der Waals surface area (Å²) in [5.74, 6) is -0.411. The van der Waals surface area contributed by atoms with Gasteiger partial charge in [0, 0.05) is 5.69 Å². The van der Waals surface area contributed by atoms with Crippen LogP contribution in [0.4, 0.5) is 5.69 Å². The fourth-order valence-corrected chi connectivity index (χ4v) is 4.27. The van der Waals surface area contributed by atoms with Gasteiger partial charge in [0.1, 0.15) is 5.66 Å². The molecule has 0 atom stereocenters. The first-order valence-corrected chi connectivity index (χ1v) is 10.1. The van der Waals surface area contributed by atoms with Gasteiger partial charge in [-0.2, -0.15) is 4.99 Å². The third-order valence-electron chi connectivity index (χ3n) is 5.63. The Labute approximate surface area is 175 Å². The Morgan fingerprint density at radius 1 is 1.00 bits per heavy atom. The van der Waals surface area contributed by atoms with Crippen molar-refractivity contribution in [2.45, 2.75) is 37.8 Å². The van der Waals surface area contributed by atoms with E-state index in [0.717, 1.165) is 36.9 Å². The summed E-state index contributed by atoms with van der Waals surface area (Å²) < 4.78 is 0. The fraction of sp³-hybridized carbons (Fsp3) is 0.261. The molecule has 0 saturated heterocycles. The minimum Gasteiger partial charge on any atom is -0.478 e. The highest BCUT2D eigenvalue weighted by molar-refractivity contribution is 6.20. The van der Waals surface area contributed by atoms with Crippen molar-refractivity contribution in [2.24, 2.45) is 21.5 Å². The van der Waals surface area contributed by atoms with Crippen LogP contribution >= 0.6 is 0 Å². The van der Waals surface area contributed by atoms with Crippen molar-refractivity contribution in [3.8, 4) is 0 Å². The maximum Gasteiger partial charge on any atom is 0.336 e. The second-order valence-corrected chi connectivity index (χ2v) is 7.64. The van der Waals surface area contributed by atoms with Crippen LogP contribution in [0, 0.1) is 0 Å². The van der Waals surface area contributed by atoms with Crippen LogP contribution < -0.4 is 16.4 Å². The summed E-state index contributed by atoms with van der Waals surface area (Å²) in [5.41, 5.74) is 14.2. The van der Waals surface area contributed by atoms with E-state index in [-0.39, 0.29) is 11.5 Å². The van der Waals surface area contributed by atoms with Gasteiger partial charge in [-0.25, -0.2) is 9.79 Å². The molecule has 7 nitrogen and oxygen atoms in total. The third-order valence-corrected chi connectivity index (χ3v) is 5.63. The van der Waals surface area contributed by atoms with Gasteiger partial charge in [-0.05, 0) is 55.0 Å². The lowest BCUT2D eigenvalue weighted by Gasteiger charge is -2.45. The number of benzene rings is 2. The summed E-state index contributed by atoms with van der Waals surface area (Å²) in [5, 5.41) is 9.64. The van der Waals surface area contributed by atoms with Crippen LogP contribution in [0.5, 0.6) is 0 Å². The number of aliphatic imine (C=N–C) groups is 2. The lowest BCUT2D eigenvalue weighted by molar-refractivity contribution is -0.130. The molecular weight excluding hydrogens is 378 g/mol. The first kappa shape index (κ1) is 19.7. The second kappa shape index (κ2) is 8.02. The molecule has 5 N–H and O–H groups in total. The zero-order valence-corrected chi connectivity index (χ0v) is 16.7. The summed E-state index contributed by atoms with van der Waals surface area (Å²) in [6.07, 6.45) is 6.68. The average molecular weight is 403 g/mol. The maximum absolute atomic E-state index is 11.8. The SMILES string of the molecule is NC1=NC2(CCCCC2)N(c2ccc(C=C(C(=O)O)c3ccccc3)cc2)C(N)=N1. The van der Waals surface area contributed by atoms with Crippen LogP contribution in [0.2, 0.25) is 0 Å². The number of carboxylic acids is 1. The maximum atomic E-state index is 11.8. The quantitative estimate of drug-likeness (QED) is 0.534. The molecule has 2 aromatic rings. The molecule has 1 aliphatic heterocycles. The van der Waals surface area contributed by atoms with Crippen LogP contribution in [-0.4, -0.2) is 28.7 Å². The van der Waals surface area contributed by atoms with E-state index in [1.807, 2.05) is 47.4 Å². The Balaban J connectivity index is 1.67. The monoisotopic (exact) mass is 403 g/mol. The number of anilines is 1. The molecular formula is C23H25N5O2. The van der Waals surface area contributed by atoms with Gasteiger partial charge < -0.3 is 16.6 Å². The number of rotatable bonds is 4. The molecule has 4 rings (SSSR count). The predicted molar refractivity (Wildman–Crippen MR) is 120 cm³/mol. The molecule has 0 aromatic heterocycles. The van der Waals surface area contributed by atoms with E-state index in [1.54, 1.807) is 18.2 Å². The molecule has 154 valence electrons. The van der Waals surface area contributed by atoms with Crippen LogP contribution in [0.3, 0.4) is 0 Å². The predicted octanol–water partition coefficient (Wildman–Crippen LogP) is 3.42. The van der Waals surface area contributed by atoms with Gasteiger partial charge in [0.15, 0.2) is 0 Å². The van der Waals surface area contributed by atoms with Crippen molar-refractivity contribution in [3.05, 3.63) is 65.7 Å². The zero-order valence-electron chi connectivity index (χ0n) is 16.7. The number of hydrogen-bond acceptors (Lipinski definition) is 6. The Morgan fingerprint density at radius 2 is 1.67 bits per heavy atom. The molecule has 7 heteroatoms. The van der Waals surface area contributed by atoms with E-state index < -0.39 is 11.6 Å². The molecule has 2 aliphatic rings. The number of aliphatic carboxylic acids is 1. The summed E-state index contributed by atoms with van der Waals surface area (Å²) >= 11 is 0. The minimum atomic E-state index is -0.969. The van der Waals surface area contributed by atoms with Gasteiger partial charge in [-0.1, -0.05) is 48.9 Å².